The van der Waals surface area contributed by atoms with Crippen molar-refractivity contribution in [1.82, 2.24) is 4.90 Å². The first-order chi connectivity index (χ1) is 10.0. The molecule has 2 rings (SSSR count). The summed E-state index contributed by atoms with van der Waals surface area (Å²) in [4.78, 5) is 14.2. The molecule has 3 N–H and O–H groups in total. The molecule has 1 atom stereocenters. The van der Waals surface area contributed by atoms with Crippen LogP contribution in [0.2, 0.25) is 0 Å². The summed E-state index contributed by atoms with van der Waals surface area (Å²) in [6.45, 7) is 5.31. The minimum absolute atomic E-state index is 0.156. The Labute approximate surface area is 129 Å². The highest BCUT2D eigenvalue weighted by molar-refractivity contribution is 7.99. The van der Waals surface area contributed by atoms with Crippen molar-refractivity contribution in [1.29, 1.82) is 0 Å². The van der Waals surface area contributed by atoms with Crippen molar-refractivity contribution < 1.29 is 9.18 Å². The quantitative estimate of drug-likeness (QED) is 0.821. The number of nitrogen functional groups attached to an aromatic ring is 1. The molecule has 6 heteroatoms. The molecule has 1 aliphatic rings. The summed E-state index contributed by atoms with van der Waals surface area (Å²) in [5.41, 5.74) is 6.18. The Morgan fingerprint density at radius 2 is 2.38 bits per heavy atom. The van der Waals surface area contributed by atoms with Gasteiger partial charge in [-0.25, -0.2) is 4.39 Å². The van der Waals surface area contributed by atoms with Crippen LogP contribution in [0.1, 0.15) is 19.8 Å². The van der Waals surface area contributed by atoms with Gasteiger partial charge < -0.3 is 16.0 Å². The molecule has 1 saturated heterocycles. The van der Waals surface area contributed by atoms with Gasteiger partial charge in [-0.3, -0.25) is 4.79 Å². The maximum atomic E-state index is 13.5. The van der Waals surface area contributed by atoms with Crippen LogP contribution >= 0.6 is 11.8 Å². The highest BCUT2D eigenvalue weighted by Crippen LogP contribution is 2.19. The third kappa shape index (κ3) is 5.21. The maximum absolute atomic E-state index is 13.5. The summed E-state index contributed by atoms with van der Waals surface area (Å²) >= 11 is 1.99. The Balaban J connectivity index is 1.73. The molecule has 0 aliphatic carbocycles. The lowest BCUT2D eigenvalue weighted by atomic mass is 10.2. The van der Waals surface area contributed by atoms with Crippen LogP contribution in [-0.4, -0.2) is 41.4 Å². The number of carbonyl (C=O) groups is 1. The van der Waals surface area contributed by atoms with E-state index in [1.807, 2.05) is 11.8 Å². The molecule has 1 aromatic carbocycles. The van der Waals surface area contributed by atoms with Gasteiger partial charge in [0.2, 0.25) is 5.91 Å². The van der Waals surface area contributed by atoms with Gasteiger partial charge in [0, 0.05) is 36.2 Å². The highest BCUT2D eigenvalue weighted by Gasteiger charge is 2.16. The third-order valence-electron chi connectivity index (χ3n) is 3.47. The number of nitrogens with one attached hydrogen (secondary N) is 1. The Morgan fingerprint density at radius 3 is 3.14 bits per heavy atom. The van der Waals surface area contributed by atoms with Crippen molar-refractivity contribution in [2.24, 2.45) is 0 Å². The molecule has 0 bridgehead atoms. The van der Waals surface area contributed by atoms with Crippen molar-refractivity contribution in [3.05, 3.63) is 24.0 Å². The molecule has 0 aromatic heterocycles. The maximum Gasteiger partial charge on any atom is 0.224 e. The van der Waals surface area contributed by atoms with E-state index >= 15 is 0 Å². The Kier molecular flexibility index (Phi) is 5.87. The predicted octanol–water partition coefficient (Wildman–Crippen LogP) is 2.56. The lowest BCUT2D eigenvalue weighted by molar-refractivity contribution is -0.116. The zero-order valence-electron chi connectivity index (χ0n) is 12.3. The van der Waals surface area contributed by atoms with E-state index < -0.39 is 5.82 Å². The molecule has 1 aliphatic heterocycles. The van der Waals surface area contributed by atoms with Crippen LogP contribution in [0.15, 0.2) is 18.2 Å². The van der Waals surface area contributed by atoms with Crippen LogP contribution in [0.4, 0.5) is 15.8 Å². The van der Waals surface area contributed by atoms with E-state index in [9.17, 15) is 9.18 Å². The van der Waals surface area contributed by atoms with Gasteiger partial charge in [-0.15, -0.1) is 0 Å². The molecule has 0 spiro atoms. The summed E-state index contributed by atoms with van der Waals surface area (Å²) in [7, 11) is 0. The number of rotatable bonds is 5. The fourth-order valence-electron chi connectivity index (χ4n) is 2.41. The SMILES string of the molecule is CC1CN(CCCC(=O)Nc2cc(N)ccc2F)CCS1. The second-order valence-electron chi connectivity index (χ2n) is 5.37. The van der Waals surface area contributed by atoms with Crippen LogP contribution in [0.3, 0.4) is 0 Å². The van der Waals surface area contributed by atoms with Crippen LogP contribution in [0.5, 0.6) is 0 Å². The van der Waals surface area contributed by atoms with Crippen molar-refractivity contribution in [3.63, 3.8) is 0 Å². The molecular weight excluding hydrogens is 289 g/mol. The van der Waals surface area contributed by atoms with E-state index in [4.69, 9.17) is 5.73 Å². The van der Waals surface area contributed by atoms with E-state index in [2.05, 4.69) is 17.1 Å². The number of hydrogen-bond donors (Lipinski definition) is 2. The van der Waals surface area contributed by atoms with Gasteiger partial charge in [0.15, 0.2) is 0 Å². The van der Waals surface area contributed by atoms with Gasteiger partial charge in [-0.2, -0.15) is 11.8 Å². The van der Waals surface area contributed by atoms with Crippen LogP contribution in [0.25, 0.3) is 0 Å². The number of anilines is 2. The Hall–Kier alpha value is -1.27. The van der Waals surface area contributed by atoms with Gasteiger partial charge in [-0.05, 0) is 31.2 Å². The van der Waals surface area contributed by atoms with E-state index in [0.29, 0.717) is 17.4 Å². The first kappa shape index (κ1) is 16.1. The molecule has 21 heavy (non-hydrogen) atoms. The molecule has 1 unspecified atom stereocenters. The van der Waals surface area contributed by atoms with Crippen molar-refractivity contribution in [2.45, 2.75) is 25.0 Å². The average Bonchev–Trinajstić information content (AvgIpc) is 2.43. The van der Waals surface area contributed by atoms with E-state index in [1.54, 1.807) is 0 Å². The number of halogens is 1. The zero-order valence-corrected chi connectivity index (χ0v) is 13.1. The summed E-state index contributed by atoms with van der Waals surface area (Å²) in [5, 5.41) is 3.24. The molecule has 116 valence electrons. The number of thioether (sulfide) groups is 1. The topological polar surface area (TPSA) is 58.4 Å². The summed E-state index contributed by atoms with van der Waals surface area (Å²) < 4.78 is 13.5. The molecule has 1 amide bonds. The minimum Gasteiger partial charge on any atom is -0.399 e. The monoisotopic (exact) mass is 311 g/mol. The Morgan fingerprint density at radius 1 is 1.57 bits per heavy atom. The van der Waals surface area contributed by atoms with E-state index in [0.717, 1.165) is 31.8 Å². The van der Waals surface area contributed by atoms with E-state index in [1.165, 1.54) is 18.2 Å². The summed E-state index contributed by atoms with van der Waals surface area (Å²) in [5.74, 6) is 0.528. The number of benzene rings is 1. The lowest BCUT2D eigenvalue weighted by Gasteiger charge is -2.30. The summed E-state index contributed by atoms with van der Waals surface area (Å²) in [6.07, 6.45) is 1.18. The molecule has 0 radical (unpaired) electrons. The zero-order chi connectivity index (χ0) is 15.2. The largest absolute Gasteiger partial charge is 0.399 e. The van der Waals surface area contributed by atoms with Gasteiger partial charge in [0.25, 0.3) is 0 Å². The van der Waals surface area contributed by atoms with Gasteiger partial charge >= 0.3 is 0 Å². The molecular formula is C15H22FN3OS. The first-order valence-electron chi connectivity index (χ1n) is 7.23. The first-order valence-corrected chi connectivity index (χ1v) is 8.28. The average molecular weight is 311 g/mol. The van der Waals surface area contributed by atoms with E-state index in [-0.39, 0.29) is 11.6 Å². The standard InChI is InChI=1S/C15H22FN3OS/c1-11-10-19(7-8-21-11)6-2-3-15(20)18-14-9-12(17)4-5-13(14)16/h4-5,9,11H,2-3,6-8,10,17H2,1H3,(H,18,20). The van der Waals surface area contributed by atoms with Crippen LogP contribution < -0.4 is 11.1 Å². The second kappa shape index (κ2) is 7.66. The number of nitrogens with two attached hydrogens (primary N) is 1. The third-order valence-corrected chi connectivity index (χ3v) is 4.60. The predicted molar refractivity (Wildman–Crippen MR) is 87.0 cm³/mol. The number of hydrogen-bond acceptors (Lipinski definition) is 4. The number of amides is 1. The fourth-order valence-corrected chi connectivity index (χ4v) is 3.49. The number of nitrogens with zero attached hydrogens (tertiary/aromatic N) is 1. The second-order valence-corrected chi connectivity index (χ2v) is 6.92. The normalized spacial score (nSPS) is 19.4. The molecule has 0 saturated carbocycles. The fraction of sp³-hybridized carbons (Fsp3) is 0.533. The summed E-state index contributed by atoms with van der Waals surface area (Å²) in [6, 6.07) is 4.18. The van der Waals surface area contributed by atoms with Gasteiger partial charge in [0.1, 0.15) is 5.82 Å². The molecule has 4 nitrogen and oxygen atoms in total. The molecule has 1 aromatic rings. The van der Waals surface area contributed by atoms with Gasteiger partial charge in [-0.1, -0.05) is 6.92 Å². The molecule has 1 fully saturated rings. The van der Waals surface area contributed by atoms with Crippen molar-refractivity contribution >= 4 is 29.0 Å². The molecule has 1 heterocycles. The van der Waals surface area contributed by atoms with Gasteiger partial charge in [0.05, 0.1) is 5.69 Å². The van der Waals surface area contributed by atoms with Crippen LogP contribution in [0, 0.1) is 5.82 Å². The highest BCUT2D eigenvalue weighted by atomic mass is 32.2. The van der Waals surface area contributed by atoms with Crippen LogP contribution in [-0.2, 0) is 4.79 Å². The minimum atomic E-state index is -0.459. The lowest BCUT2D eigenvalue weighted by Crippen LogP contribution is -2.37. The Bertz CT molecular complexity index is 498. The van der Waals surface area contributed by atoms with Crippen molar-refractivity contribution in [3.8, 4) is 0 Å². The number of carbonyl (C=O) groups excluding carboxylic acids is 1. The smallest absolute Gasteiger partial charge is 0.224 e. The van der Waals surface area contributed by atoms with Crippen molar-refractivity contribution in [2.75, 3.05) is 36.4 Å².